The molecule has 17 heavy (non-hydrogen) atoms. The monoisotopic (exact) mass is 240 g/mol. The van der Waals surface area contributed by atoms with Crippen LogP contribution in [0.4, 0.5) is 0 Å². The average molecular weight is 240 g/mol. The molecular weight excluding hydrogens is 208 g/mol. The van der Waals surface area contributed by atoms with Crippen LogP contribution in [0.5, 0.6) is 0 Å². The van der Waals surface area contributed by atoms with E-state index in [0.717, 1.165) is 24.9 Å². The second-order valence-corrected chi connectivity index (χ2v) is 6.18. The normalized spacial score (nSPS) is 31.8. The first-order valence-electron chi connectivity index (χ1n) is 7.53. The van der Waals surface area contributed by atoms with Crippen LogP contribution in [0.15, 0.2) is 0 Å². The largest absolute Gasteiger partial charge is 0.329 e. The lowest BCUT2D eigenvalue weighted by Crippen LogP contribution is -2.57. The molecule has 2 nitrogen and oxygen atoms in total. The highest BCUT2D eigenvalue weighted by atomic mass is 15.2. The van der Waals surface area contributed by atoms with Crippen LogP contribution in [0, 0.1) is 11.8 Å². The standard InChI is InChI=1S/C15H32N2/c1-5-13(3)11-17(6-2)15(12-16)9-7-8-14(4)10-15/h13-14H,5-12,16H2,1-4H3. The zero-order valence-corrected chi connectivity index (χ0v) is 12.3. The number of nitrogens with two attached hydrogens (primary N) is 1. The van der Waals surface area contributed by atoms with E-state index in [9.17, 15) is 0 Å². The lowest BCUT2D eigenvalue weighted by molar-refractivity contribution is 0.0322. The summed E-state index contributed by atoms with van der Waals surface area (Å²) in [6, 6.07) is 0. The van der Waals surface area contributed by atoms with Crippen LogP contribution < -0.4 is 5.73 Å². The van der Waals surface area contributed by atoms with Crippen LogP contribution in [0.25, 0.3) is 0 Å². The molecule has 0 aromatic heterocycles. The fourth-order valence-electron chi connectivity index (χ4n) is 3.40. The summed E-state index contributed by atoms with van der Waals surface area (Å²) < 4.78 is 0. The van der Waals surface area contributed by atoms with Gasteiger partial charge < -0.3 is 5.73 Å². The molecule has 102 valence electrons. The van der Waals surface area contributed by atoms with Gasteiger partial charge in [-0.1, -0.05) is 47.0 Å². The first-order valence-corrected chi connectivity index (χ1v) is 7.53. The molecule has 1 aliphatic carbocycles. The van der Waals surface area contributed by atoms with Crippen molar-refractivity contribution in [2.24, 2.45) is 17.6 Å². The van der Waals surface area contributed by atoms with Gasteiger partial charge in [-0.05, 0) is 31.2 Å². The van der Waals surface area contributed by atoms with Gasteiger partial charge in [0.15, 0.2) is 0 Å². The Morgan fingerprint density at radius 1 is 1.41 bits per heavy atom. The van der Waals surface area contributed by atoms with E-state index in [2.05, 4.69) is 32.6 Å². The highest BCUT2D eigenvalue weighted by molar-refractivity contribution is 4.95. The van der Waals surface area contributed by atoms with Crippen molar-refractivity contribution in [3.63, 3.8) is 0 Å². The first-order chi connectivity index (χ1) is 8.07. The van der Waals surface area contributed by atoms with E-state index in [4.69, 9.17) is 5.73 Å². The van der Waals surface area contributed by atoms with Crippen molar-refractivity contribution in [3.05, 3.63) is 0 Å². The lowest BCUT2D eigenvalue weighted by atomic mass is 9.75. The van der Waals surface area contributed by atoms with Gasteiger partial charge in [-0.2, -0.15) is 0 Å². The third-order valence-electron chi connectivity index (χ3n) is 4.73. The van der Waals surface area contributed by atoms with Crippen LogP contribution in [0.1, 0.15) is 59.8 Å². The van der Waals surface area contributed by atoms with Crippen LogP contribution in [-0.2, 0) is 0 Å². The molecule has 3 atom stereocenters. The maximum Gasteiger partial charge on any atom is 0.0334 e. The molecule has 0 saturated heterocycles. The van der Waals surface area contributed by atoms with Gasteiger partial charge in [0, 0.05) is 18.6 Å². The molecule has 0 spiro atoms. The SMILES string of the molecule is CCC(C)CN(CC)C1(CN)CCCC(C)C1. The number of hydrogen-bond acceptors (Lipinski definition) is 2. The van der Waals surface area contributed by atoms with E-state index >= 15 is 0 Å². The molecule has 0 radical (unpaired) electrons. The fraction of sp³-hybridized carbons (Fsp3) is 1.00. The molecule has 1 saturated carbocycles. The summed E-state index contributed by atoms with van der Waals surface area (Å²) in [4.78, 5) is 2.68. The second kappa shape index (κ2) is 6.75. The Hall–Kier alpha value is -0.0800. The molecule has 0 aliphatic heterocycles. The summed E-state index contributed by atoms with van der Waals surface area (Å²) in [6.07, 6.45) is 6.62. The van der Waals surface area contributed by atoms with Crippen molar-refractivity contribution in [1.82, 2.24) is 4.90 Å². The summed E-state index contributed by atoms with van der Waals surface area (Å²) in [6.45, 7) is 12.5. The van der Waals surface area contributed by atoms with E-state index in [1.54, 1.807) is 0 Å². The van der Waals surface area contributed by atoms with Crippen molar-refractivity contribution in [2.75, 3.05) is 19.6 Å². The van der Waals surface area contributed by atoms with Gasteiger partial charge in [0.25, 0.3) is 0 Å². The van der Waals surface area contributed by atoms with Gasteiger partial charge in [-0.25, -0.2) is 0 Å². The topological polar surface area (TPSA) is 29.3 Å². The molecule has 3 unspecified atom stereocenters. The maximum absolute atomic E-state index is 6.15. The zero-order chi connectivity index (χ0) is 12.9. The van der Waals surface area contributed by atoms with Crippen LogP contribution in [-0.4, -0.2) is 30.1 Å². The van der Waals surface area contributed by atoms with E-state index in [-0.39, 0.29) is 0 Å². The molecule has 1 rings (SSSR count). The predicted octanol–water partition coefficient (Wildman–Crippen LogP) is 3.26. The Morgan fingerprint density at radius 3 is 2.59 bits per heavy atom. The average Bonchev–Trinajstić information content (AvgIpc) is 2.35. The predicted molar refractivity (Wildman–Crippen MR) is 76.1 cm³/mol. The summed E-state index contributed by atoms with van der Waals surface area (Å²) in [7, 11) is 0. The van der Waals surface area contributed by atoms with E-state index in [1.807, 2.05) is 0 Å². The Bertz CT molecular complexity index is 217. The van der Waals surface area contributed by atoms with Crippen LogP contribution in [0.2, 0.25) is 0 Å². The number of likely N-dealkylation sites (N-methyl/N-ethyl adjacent to an activating group) is 1. The van der Waals surface area contributed by atoms with Crippen molar-refractivity contribution < 1.29 is 0 Å². The third kappa shape index (κ3) is 3.69. The molecule has 1 aliphatic rings. The molecule has 0 aromatic rings. The van der Waals surface area contributed by atoms with Crippen LogP contribution in [0.3, 0.4) is 0 Å². The van der Waals surface area contributed by atoms with E-state index < -0.39 is 0 Å². The zero-order valence-electron chi connectivity index (χ0n) is 12.3. The molecular formula is C15H32N2. The van der Waals surface area contributed by atoms with Crippen molar-refractivity contribution in [3.8, 4) is 0 Å². The summed E-state index contributed by atoms with van der Waals surface area (Å²) in [5.41, 5.74) is 6.45. The minimum atomic E-state index is 0.301. The summed E-state index contributed by atoms with van der Waals surface area (Å²) in [5.74, 6) is 1.63. The molecule has 1 fully saturated rings. The van der Waals surface area contributed by atoms with Crippen molar-refractivity contribution in [1.29, 1.82) is 0 Å². The van der Waals surface area contributed by atoms with Gasteiger partial charge in [0.1, 0.15) is 0 Å². The minimum absolute atomic E-state index is 0.301. The van der Waals surface area contributed by atoms with Gasteiger partial charge in [-0.15, -0.1) is 0 Å². The minimum Gasteiger partial charge on any atom is -0.329 e. The highest BCUT2D eigenvalue weighted by Gasteiger charge is 2.38. The van der Waals surface area contributed by atoms with Crippen molar-refractivity contribution >= 4 is 0 Å². The van der Waals surface area contributed by atoms with Gasteiger partial charge in [0.05, 0.1) is 0 Å². The molecule has 0 amide bonds. The Kier molecular flexibility index (Phi) is 5.94. The smallest absolute Gasteiger partial charge is 0.0334 e. The summed E-state index contributed by atoms with van der Waals surface area (Å²) >= 11 is 0. The number of nitrogens with zero attached hydrogens (tertiary/aromatic N) is 1. The Labute approximate surface area is 108 Å². The Balaban J connectivity index is 2.73. The molecule has 0 bridgehead atoms. The lowest BCUT2D eigenvalue weighted by Gasteiger charge is -2.48. The van der Waals surface area contributed by atoms with E-state index in [1.165, 1.54) is 38.6 Å². The third-order valence-corrected chi connectivity index (χ3v) is 4.73. The first kappa shape index (κ1) is 15.0. The van der Waals surface area contributed by atoms with E-state index in [0.29, 0.717) is 5.54 Å². The molecule has 0 aromatic carbocycles. The van der Waals surface area contributed by atoms with Crippen LogP contribution >= 0.6 is 0 Å². The maximum atomic E-state index is 6.15. The van der Waals surface area contributed by atoms with Gasteiger partial charge >= 0.3 is 0 Å². The highest BCUT2D eigenvalue weighted by Crippen LogP contribution is 2.36. The summed E-state index contributed by atoms with van der Waals surface area (Å²) in [5, 5.41) is 0. The van der Waals surface area contributed by atoms with Gasteiger partial charge in [0.2, 0.25) is 0 Å². The van der Waals surface area contributed by atoms with Gasteiger partial charge in [-0.3, -0.25) is 4.90 Å². The molecule has 0 heterocycles. The number of rotatable bonds is 6. The Morgan fingerprint density at radius 2 is 2.12 bits per heavy atom. The molecule has 2 heteroatoms. The molecule has 2 N–H and O–H groups in total. The second-order valence-electron chi connectivity index (χ2n) is 6.18. The quantitative estimate of drug-likeness (QED) is 0.772. The van der Waals surface area contributed by atoms with Crippen molar-refractivity contribution in [2.45, 2.75) is 65.3 Å². The fourth-order valence-corrected chi connectivity index (χ4v) is 3.40. The number of hydrogen-bond donors (Lipinski definition) is 1.